The molecule has 0 aliphatic carbocycles. The molecule has 6 heteroatoms. The van der Waals surface area contributed by atoms with Gasteiger partial charge >= 0.3 is 0 Å². The Morgan fingerprint density at radius 3 is 2.45 bits per heavy atom. The average molecular weight is 326 g/mol. The SMILES string of the molecule is CNC(=S)N1CC[N+](CCCCO)(c2ccc(F)cc2)CC1. The van der Waals surface area contributed by atoms with Crippen LogP contribution < -0.4 is 9.80 Å². The standard InChI is InChI=1S/C16H24FN3OS/c1-18-16(22)19-8-11-20(12-9-19,10-2-3-13-21)15-6-4-14(17)5-7-15/h4-7,21H,2-3,8-13H2,1H3/p+1. The summed E-state index contributed by atoms with van der Waals surface area (Å²) in [5, 5.41) is 12.9. The molecule has 122 valence electrons. The van der Waals surface area contributed by atoms with E-state index in [0.717, 1.165) is 60.8 Å². The highest BCUT2D eigenvalue weighted by Crippen LogP contribution is 2.27. The van der Waals surface area contributed by atoms with E-state index in [1.54, 1.807) is 0 Å². The quantitative estimate of drug-likeness (QED) is 0.491. The number of aliphatic hydroxyl groups excluding tert-OH is 1. The number of quaternary nitrogens is 1. The molecule has 0 amide bonds. The van der Waals surface area contributed by atoms with Crippen molar-refractivity contribution in [2.24, 2.45) is 0 Å². The zero-order chi connectivity index (χ0) is 16.0. The molecule has 0 spiro atoms. The van der Waals surface area contributed by atoms with Crippen molar-refractivity contribution in [1.29, 1.82) is 0 Å². The summed E-state index contributed by atoms with van der Waals surface area (Å²) in [6.07, 6.45) is 1.77. The van der Waals surface area contributed by atoms with Crippen molar-refractivity contribution in [2.45, 2.75) is 12.8 Å². The lowest BCUT2D eigenvalue weighted by molar-refractivity contribution is 0.175. The summed E-state index contributed by atoms with van der Waals surface area (Å²) in [6, 6.07) is 6.85. The minimum Gasteiger partial charge on any atom is -0.396 e. The molecule has 1 aliphatic heterocycles. The van der Waals surface area contributed by atoms with E-state index in [1.807, 2.05) is 19.2 Å². The molecule has 1 aliphatic rings. The van der Waals surface area contributed by atoms with E-state index in [0.29, 0.717) is 0 Å². The number of hydrogen-bond donors (Lipinski definition) is 2. The Hall–Kier alpha value is -1.24. The lowest BCUT2D eigenvalue weighted by Crippen LogP contribution is -2.62. The van der Waals surface area contributed by atoms with Crippen molar-refractivity contribution in [3.8, 4) is 0 Å². The fourth-order valence-corrected chi connectivity index (χ4v) is 3.29. The number of nitrogens with one attached hydrogen (secondary N) is 1. The maximum Gasteiger partial charge on any atom is 0.169 e. The molecule has 22 heavy (non-hydrogen) atoms. The summed E-state index contributed by atoms with van der Waals surface area (Å²) in [5.41, 5.74) is 1.15. The second kappa shape index (κ2) is 7.85. The monoisotopic (exact) mass is 326 g/mol. The zero-order valence-electron chi connectivity index (χ0n) is 13.1. The van der Waals surface area contributed by atoms with Crippen LogP contribution in [0.15, 0.2) is 24.3 Å². The summed E-state index contributed by atoms with van der Waals surface area (Å²) in [7, 11) is 1.85. The molecule has 0 unspecified atom stereocenters. The highest BCUT2D eigenvalue weighted by Gasteiger charge is 2.35. The third-order valence-electron chi connectivity index (χ3n) is 4.47. The summed E-state index contributed by atoms with van der Waals surface area (Å²) >= 11 is 5.32. The molecule has 1 heterocycles. The molecular weight excluding hydrogens is 301 g/mol. The Morgan fingerprint density at radius 2 is 1.91 bits per heavy atom. The Morgan fingerprint density at radius 1 is 1.27 bits per heavy atom. The molecule has 1 aromatic rings. The van der Waals surface area contributed by atoms with E-state index in [9.17, 15) is 4.39 Å². The second-order valence-corrected chi connectivity index (χ2v) is 6.15. The maximum absolute atomic E-state index is 13.2. The molecule has 0 saturated carbocycles. The Bertz CT molecular complexity index is 487. The Labute approximate surface area is 137 Å². The largest absolute Gasteiger partial charge is 0.396 e. The van der Waals surface area contributed by atoms with Gasteiger partial charge in [-0.25, -0.2) is 4.39 Å². The predicted molar refractivity (Wildman–Crippen MR) is 92.3 cm³/mol. The zero-order valence-corrected chi connectivity index (χ0v) is 13.9. The van der Waals surface area contributed by atoms with E-state index in [-0.39, 0.29) is 12.4 Å². The molecule has 0 aromatic heterocycles. The number of aliphatic hydroxyl groups is 1. The number of benzene rings is 1. The van der Waals surface area contributed by atoms with Crippen molar-refractivity contribution >= 4 is 23.0 Å². The smallest absolute Gasteiger partial charge is 0.169 e. The summed E-state index contributed by atoms with van der Waals surface area (Å²) in [5.74, 6) is -0.202. The first-order chi connectivity index (χ1) is 10.6. The lowest BCUT2D eigenvalue weighted by atomic mass is 10.1. The van der Waals surface area contributed by atoms with Crippen LogP contribution in [-0.4, -0.2) is 61.5 Å². The minimum absolute atomic E-state index is 0.202. The number of halogens is 1. The van der Waals surface area contributed by atoms with E-state index >= 15 is 0 Å². The van der Waals surface area contributed by atoms with Crippen LogP contribution in [0.4, 0.5) is 10.1 Å². The van der Waals surface area contributed by atoms with Crippen LogP contribution in [0, 0.1) is 5.82 Å². The number of unbranched alkanes of at least 4 members (excludes halogenated alkanes) is 1. The van der Waals surface area contributed by atoms with Crippen LogP contribution >= 0.6 is 12.2 Å². The van der Waals surface area contributed by atoms with Gasteiger partial charge in [0.2, 0.25) is 0 Å². The summed E-state index contributed by atoms with van der Waals surface area (Å²) in [4.78, 5) is 2.18. The van der Waals surface area contributed by atoms with Gasteiger partial charge in [-0.1, -0.05) is 0 Å². The Balaban J connectivity index is 2.13. The first kappa shape index (κ1) is 17.1. The number of nitrogens with zero attached hydrogens (tertiary/aromatic N) is 2. The van der Waals surface area contributed by atoms with E-state index in [1.165, 1.54) is 12.1 Å². The highest BCUT2D eigenvalue weighted by atomic mass is 32.1. The fourth-order valence-electron chi connectivity index (χ4n) is 3.10. The first-order valence-electron chi connectivity index (χ1n) is 7.81. The molecule has 1 aromatic carbocycles. The van der Waals surface area contributed by atoms with Gasteiger partial charge in [-0.15, -0.1) is 0 Å². The minimum atomic E-state index is -0.202. The van der Waals surface area contributed by atoms with Crippen LogP contribution in [0.1, 0.15) is 12.8 Å². The van der Waals surface area contributed by atoms with Gasteiger partial charge in [-0.3, -0.25) is 4.48 Å². The van der Waals surface area contributed by atoms with Crippen molar-refractivity contribution in [3.63, 3.8) is 0 Å². The van der Waals surface area contributed by atoms with Gasteiger partial charge in [0, 0.05) is 25.8 Å². The van der Waals surface area contributed by atoms with Gasteiger partial charge in [0.25, 0.3) is 0 Å². The van der Waals surface area contributed by atoms with Crippen molar-refractivity contribution in [2.75, 3.05) is 46.4 Å². The number of piperazine rings is 1. The van der Waals surface area contributed by atoms with Crippen LogP contribution in [-0.2, 0) is 0 Å². The molecule has 1 saturated heterocycles. The van der Waals surface area contributed by atoms with Crippen molar-refractivity contribution in [3.05, 3.63) is 30.1 Å². The number of rotatable bonds is 5. The van der Waals surface area contributed by atoms with Gasteiger partial charge in [0.15, 0.2) is 5.11 Å². The predicted octanol–water partition coefficient (Wildman–Crippen LogP) is 1.73. The molecule has 0 radical (unpaired) electrons. The number of thiocarbonyl (C=S) groups is 1. The van der Waals surface area contributed by atoms with Gasteiger partial charge in [-0.2, -0.15) is 0 Å². The van der Waals surface area contributed by atoms with Crippen molar-refractivity contribution < 1.29 is 9.50 Å². The van der Waals surface area contributed by atoms with Crippen LogP contribution in [0.5, 0.6) is 0 Å². The van der Waals surface area contributed by atoms with Gasteiger partial charge in [0.05, 0.1) is 19.6 Å². The lowest BCUT2D eigenvalue weighted by Gasteiger charge is -2.45. The van der Waals surface area contributed by atoms with Crippen molar-refractivity contribution in [1.82, 2.24) is 14.7 Å². The van der Waals surface area contributed by atoms with Gasteiger partial charge in [0.1, 0.15) is 24.6 Å². The Kier molecular flexibility index (Phi) is 6.11. The first-order valence-corrected chi connectivity index (χ1v) is 8.22. The third kappa shape index (κ3) is 3.94. The normalized spacial score (nSPS) is 17.3. The van der Waals surface area contributed by atoms with E-state index < -0.39 is 0 Å². The summed E-state index contributed by atoms with van der Waals surface area (Å²) < 4.78 is 14.1. The van der Waals surface area contributed by atoms with Crippen LogP contribution in [0.2, 0.25) is 0 Å². The highest BCUT2D eigenvalue weighted by molar-refractivity contribution is 7.80. The molecule has 0 atom stereocenters. The van der Waals surface area contributed by atoms with Gasteiger partial charge < -0.3 is 15.3 Å². The van der Waals surface area contributed by atoms with Crippen LogP contribution in [0.3, 0.4) is 0 Å². The number of hydrogen-bond acceptors (Lipinski definition) is 2. The van der Waals surface area contributed by atoms with Crippen LogP contribution in [0.25, 0.3) is 0 Å². The molecule has 1 fully saturated rings. The molecule has 2 rings (SSSR count). The van der Waals surface area contributed by atoms with E-state index in [4.69, 9.17) is 17.3 Å². The van der Waals surface area contributed by atoms with Gasteiger partial charge in [-0.05, 0) is 37.2 Å². The average Bonchev–Trinajstić information content (AvgIpc) is 2.55. The molecule has 2 N–H and O–H groups in total. The van der Waals surface area contributed by atoms with E-state index in [2.05, 4.69) is 10.2 Å². The molecule has 4 nitrogen and oxygen atoms in total. The molecule has 0 bridgehead atoms. The molecular formula is C16H25FN3OS+. The topological polar surface area (TPSA) is 35.5 Å². The summed E-state index contributed by atoms with van der Waals surface area (Å²) in [6.45, 7) is 4.84. The second-order valence-electron chi connectivity index (χ2n) is 5.77. The maximum atomic E-state index is 13.2. The fraction of sp³-hybridized carbons (Fsp3) is 0.562. The third-order valence-corrected chi connectivity index (χ3v) is 4.93.